The third kappa shape index (κ3) is 3.57. The van der Waals surface area contributed by atoms with Gasteiger partial charge in [-0.05, 0) is 43.0 Å². The molecule has 4 heteroatoms. The lowest BCUT2D eigenvalue weighted by atomic mass is 10.1. The first-order valence-corrected chi connectivity index (χ1v) is 6.82. The van der Waals surface area contributed by atoms with Gasteiger partial charge in [-0.15, -0.1) is 11.6 Å². The molecule has 1 unspecified atom stereocenters. The van der Waals surface area contributed by atoms with E-state index in [1.54, 1.807) is 12.1 Å². The first-order valence-electron chi connectivity index (χ1n) is 5.91. The molecule has 2 rings (SSSR count). The molecule has 1 nitrogen and oxygen atoms in total. The van der Waals surface area contributed by atoms with Crippen LogP contribution in [0.1, 0.15) is 18.4 Å². The minimum absolute atomic E-state index is 0.207. The summed E-state index contributed by atoms with van der Waals surface area (Å²) in [5.74, 6) is 1.10. The van der Waals surface area contributed by atoms with Gasteiger partial charge < -0.3 is 0 Å². The van der Waals surface area contributed by atoms with E-state index in [0.717, 1.165) is 37.5 Å². The lowest BCUT2D eigenvalue weighted by molar-refractivity contribution is 0.315. The van der Waals surface area contributed by atoms with Gasteiger partial charge >= 0.3 is 0 Å². The summed E-state index contributed by atoms with van der Waals surface area (Å²) in [6.07, 6.45) is 2.30. The minimum atomic E-state index is -0.350. The van der Waals surface area contributed by atoms with Gasteiger partial charge in [0.25, 0.3) is 0 Å². The van der Waals surface area contributed by atoms with E-state index in [4.69, 9.17) is 23.2 Å². The summed E-state index contributed by atoms with van der Waals surface area (Å²) in [6.45, 7) is 3.02. The van der Waals surface area contributed by atoms with Crippen LogP contribution in [0.15, 0.2) is 18.2 Å². The van der Waals surface area contributed by atoms with Crippen LogP contribution in [0.4, 0.5) is 4.39 Å². The maximum Gasteiger partial charge on any atom is 0.141 e. The molecule has 0 amide bonds. The lowest BCUT2D eigenvalue weighted by Gasteiger charge is -2.16. The van der Waals surface area contributed by atoms with Crippen molar-refractivity contribution >= 4 is 23.2 Å². The molecule has 1 aliphatic heterocycles. The maximum absolute atomic E-state index is 13.0. The second-order valence-corrected chi connectivity index (χ2v) is 5.40. The molecule has 1 aromatic carbocycles. The second kappa shape index (κ2) is 6.03. The molecule has 1 fully saturated rings. The second-order valence-electron chi connectivity index (χ2n) is 4.62. The minimum Gasteiger partial charge on any atom is -0.299 e. The molecule has 0 saturated carbocycles. The van der Waals surface area contributed by atoms with E-state index in [9.17, 15) is 4.39 Å². The molecule has 0 bridgehead atoms. The molecule has 1 aliphatic rings. The fourth-order valence-corrected chi connectivity index (χ4v) is 2.85. The largest absolute Gasteiger partial charge is 0.299 e. The maximum atomic E-state index is 13.0. The number of benzene rings is 1. The molecule has 1 heterocycles. The summed E-state index contributed by atoms with van der Waals surface area (Å²) in [7, 11) is 0. The predicted molar refractivity (Wildman–Crippen MR) is 70.1 cm³/mol. The molecule has 0 N–H and O–H groups in total. The van der Waals surface area contributed by atoms with Crippen molar-refractivity contribution in [3.05, 3.63) is 34.6 Å². The zero-order valence-electron chi connectivity index (χ0n) is 9.63. The standard InChI is InChI=1S/C13H16Cl2FN/c14-5-3-10-4-6-17(8-10)9-11-1-2-13(16)12(15)7-11/h1-2,7,10H,3-6,8-9H2. The molecule has 1 aromatic rings. The molecule has 94 valence electrons. The zero-order valence-corrected chi connectivity index (χ0v) is 11.1. The van der Waals surface area contributed by atoms with Crippen LogP contribution in [0.5, 0.6) is 0 Å². The van der Waals surface area contributed by atoms with E-state index >= 15 is 0 Å². The zero-order chi connectivity index (χ0) is 12.3. The van der Waals surface area contributed by atoms with Crippen molar-refractivity contribution in [3.63, 3.8) is 0 Å². The van der Waals surface area contributed by atoms with Crippen molar-refractivity contribution in [1.82, 2.24) is 4.90 Å². The van der Waals surface area contributed by atoms with Gasteiger partial charge in [0.15, 0.2) is 0 Å². The summed E-state index contributed by atoms with van der Waals surface area (Å²) in [5, 5.41) is 0.207. The molecular weight excluding hydrogens is 260 g/mol. The Morgan fingerprint density at radius 1 is 1.41 bits per heavy atom. The summed E-state index contributed by atoms with van der Waals surface area (Å²) in [5.41, 5.74) is 1.07. The Hall–Kier alpha value is -0.310. The van der Waals surface area contributed by atoms with E-state index in [-0.39, 0.29) is 10.8 Å². The van der Waals surface area contributed by atoms with E-state index in [1.165, 1.54) is 12.5 Å². The van der Waals surface area contributed by atoms with Crippen LogP contribution in [0.25, 0.3) is 0 Å². The van der Waals surface area contributed by atoms with Gasteiger partial charge in [-0.2, -0.15) is 0 Å². The van der Waals surface area contributed by atoms with Gasteiger partial charge in [-0.1, -0.05) is 17.7 Å². The highest BCUT2D eigenvalue weighted by Gasteiger charge is 2.21. The van der Waals surface area contributed by atoms with Crippen molar-refractivity contribution in [2.75, 3.05) is 19.0 Å². The van der Waals surface area contributed by atoms with Gasteiger partial charge in [0.2, 0.25) is 0 Å². The van der Waals surface area contributed by atoms with Crippen LogP contribution in [0.3, 0.4) is 0 Å². The fourth-order valence-electron chi connectivity index (χ4n) is 2.34. The normalized spacial score (nSPS) is 21.0. The third-order valence-corrected chi connectivity index (χ3v) is 3.79. The Labute approximate surface area is 112 Å². The molecule has 0 aromatic heterocycles. The molecule has 0 radical (unpaired) electrons. The molecular formula is C13H16Cl2FN. The number of alkyl halides is 1. The molecule has 0 spiro atoms. The third-order valence-electron chi connectivity index (χ3n) is 3.28. The van der Waals surface area contributed by atoms with Gasteiger partial charge in [0, 0.05) is 19.0 Å². The number of hydrogen-bond acceptors (Lipinski definition) is 1. The SMILES string of the molecule is Fc1ccc(CN2CCC(CCCl)C2)cc1Cl. The quantitative estimate of drug-likeness (QED) is 0.753. The van der Waals surface area contributed by atoms with Gasteiger partial charge in [0.1, 0.15) is 5.82 Å². The number of nitrogens with zero attached hydrogens (tertiary/aromatic N) is 1. The number of hydrogen-bond donors (Lipinski definition) is 0. The van der Waals surface area contributed by atoms with E-state index in [0.29, 0.717) is 5.92 Å². The van der Waals surface area contributed by atoms with Crippen LogP contribution < -0.4 is 0 Å². The summed E-state index contributed by atoms with van der Waals surface area (Å²) >= 11 is 11.5. The van der Waals surface area contributed by atoms with Crippen LogP contribution in [0, 0.1) is 11.7 Å². The van der Waals surface area contributed by atoms with Crippen molar-refractivity contribution < 1.29 is 4.39 Å². The van der Waals surface area contributed by atoms with Crippen molar-refractivity contribution in [3.8, 4) is 0 Å². The van der Waals surface area contributed by atoms with Crippen molar-refractivity contribution in [2.45, 2.75) is 19.4 Å². The molecule has 1 atom stereocenters. The summed E-state index contributed by atoms with van der Waals surface area (Å²) < 4.78 is 13.0. The summed E-state index contributed by atoms with van der Waals surface area (Å²) in [4.78, 5) is 2.38. The first-order chi connectivity index (χ1) is 8.19. The number of likely N-dealkylation sites (tertiary alicyclic amines) is 1. The number of halogens is 3. The monoisotopic (exact) mass is 275 g/mol. The molecule has 0 aliphatic carbocycles. The van der Waals surface area contributed by atoms with Crippen molar-refractivity contribution in [2.24, 2.45) is 5.92 Å². The molecule has 17 heavy (non-hydrogen) atoms. The number of rotatable bonds is 4. The van der Waals surface area contributed by atoms with Gasteiger partial charge in [0.05, 0.1) is 5.02 Å². The highest BCUT2D eigenvalue weighted by Crippen LogP contribution is 2.23. The van der Waals surface area contributed by atoms with E-state index in [2.05, 4.69) is 4.90 Å². The van der Waals surface area contributed by atoms with Crippen molar-refractivity contribution in [1.29, 1.82) is 0 Å². The van der Waals surface area contributed by atoms with Gasteiger partial charge in [-0.25, -0.2) is 4.39 Å². The Morgan fingerprint density at radius 2 is 2.24 bits per heavy atom. The molecule has 1 saturated heterocycles. The van der Waals surface area contributed by atoms with Crippen LogP contribution >= 0.6 is 23.2 Å². The highest BCUT2D eigenvalue weighted by molar-refractivity contribution is 6.30. The Kier molecular flexibility index (Phi) is 4.66. The average molecular weight is 276 g/mol. The Bertz CT molecular complexity index is 384. The van der Waals surface area contributed by atoms with Crippen LogP contribution in [-0.2, 0) is 6.54 Å². The smallest absolute Gasteiger partial charge is 0.141 e. The fraction of sp³-hybridized carbons (Fsp3) is 0.538. The topological polar surface area (TPSA) is 3.24 Å². The predicted octanol–water partition coefficient (Wildman–Crippen LogP) is 3.93. The van der Waals surface area contributed by atoms with Crippen LogP contribution in [0.2, 0.25) is 5.02 Å². The lowest BCUT2D eigenvalue weighted by Crippen LogP contribution is -2.20. The Balaban J connectivity index is 1.91. The average Bonchev–Trinajstić information content (AvgIpc) is 2.72. The van der Waals surface area contributed by atoms with Crippen LogP contribution in [-0.4, -0.2) is 23.9 Å². The van der Waals surface area contributed by atoms with E-state index < -0.39 is 0 Å². The summed E-state index contributed by atoms with van der Waals surface area (Å²) in [6, 6.07) is 4.95. The van der Waals surface area contributed by atoms with Gasteiger partial charge in [-0.3, -0.25) is 4.90 Å². The first kappa shape index (κ1) is 13.1. The van der Waals surface area contributed by atoms with E-state index in [1.807, 2.05) is 0 Å². The Morgan fingerprint density at radius 3 is 2.94 bits per heavy atom. The highest BCUT2D eigenvalue weighted by atomic mass is 35.5.